The molecule has 0 spiro atoms. The molecule has 1 aliphatic carbocycles. The topological polar surface area (TPSA) is 100 Å². The fourth-order valence-electron chi connectivity index (χ4n) is 2.12. The van der Waals surface area contributed by atoms with E-state index >= 15 is 0 Å². The van der Waals surface area contributed by atoms with Crippen LogP contribution in [-0.4, -0.2) is 43.2 Å². The molecule has 1 aromatic rings. The largest absolute Gasteiger partial charge is 0.388 e. The Morgan fingerprint density at radius 3 is 2.65 bits per heavy atom. The fourth-order valence-corrected chi connectivity index (χ4v) is 2.92. The molecule has 0 aromatic carbocycles. The van der Waals surface area contributed by atoms with Crippen LogP contribution in [0.1, 0.15) is 29.8 Å². The highest BCUT2D eigenvalue weighted by atomic mass is 32.2. The van der Waals surface area contributed by atoms with Gasteiger partial charge in [-0.2, -0.15) is 0 Å². The number of amides is 1. The van der Waals surface area contributed by atoms with E-state index in [4.69, 9.17) is 0 Å². The van der Waals surface area contributed by atoms with Gasteiger partial charge in [0.05, 0.1) is 5.60 Å². The Labute approximate surface area is 118 Å². The first kappa shape index (κ1) is 15.0. The first-order chi connectivity index (χ1) is 9.27. The van der Waals surface area contributed by atoms with Crippen LogP contribution in [0, 0.1) is 0 Å². The average molecular weight is 301 g/mol. The lowest BCUT2D eigenvalue weighted by molar-refractivity contribution is -0.0301. The molecule has 0 unspecified atom stereocenters. The molecule has 3 N–H and O–H groups in total. The number of rotatable bonds is 5. The smallest absolute Gasteiger partial charge is 0.268 e. The summed E-state index contributed by atoms with van der Waals surface area (Å²) < 4.78 is 27.0. The van der Waals surface area contributed by atoms with Crippen LogP contribution >= 0.6 is 0 Å². The molecular weight excluding hydrogens is 282 g/mol. The van der Waals surface area contributed by atoms with E-state index < -0.39 is 21.5 Å². The molecule has 20 heavy (non-hydrogen) atoms. The minimum atomic E-state index is -3.57. The summed E-state index contributed by atoms with van der Waals surface area (Å²) in [5.74, 6) is -0.398. The van der Waals surface area contributed by atoms with Crippen molar-refractivity contribution in [1.29, 1.82) is 0 Å². The lowest BCUT2D eigenvalue weighted by Gasteiger charge is -2.36. The van der Waals surface area contributed by atoms with Crippen LogP contribution in [0.3, 0.4) is 0 Å². The van der Waals surface area contributed by atoms with E-state index in [1.54, 1.807) is 7.05 Å². The van der Waals surface area contributed by atoms with Gasteiger partial charge in [-0.3, -0.25) is 4.79 Å². The van der Waals surface area contributed by atoms with Crippen LogP contribution in [0.25, 0.3) is 0 Å². The summed E-state index contributed by atoms with van der Waals surface area (Å²) >= 11 is 0. The van der Waals surface area contributed by atoms with Gasteiger partial charge in [0.25, 0.3) is 5.91 Å². The molecule has 0 atom stereocenters. The third-order valence-electron chi connectivity index (χ3n) is 3.65. The number of carbonyl (C=O) groups excluding carboxylic acids is 1. The van der Waals surface area contributed by atoms with Crippen molar-refractivity contribution >= 4 is 15.9 Å². The van der Waals surface area contributed by atoms with Gasteiger partial charge in [0.2, 0.25) is 10.0 Å². The fraction of sp³-hybridized carbons (Fsp3) is 0.583. The van der Waals surface area contributed by atoms with Crippen molar-refractivity contribution in [2.45, 2.75) is 29.8 Å². The third-order valence-corrected chi connectivity index (χ3v) is 5.04. The van der Waals surface area contributed by atoms with Gasteiger partial charge in [-0.1, -0.05) is 0 Å². The van der Waals surface area contributed by atoms with E-state index in [0.29, 0.717) is 12.8 Å². The highest BCUT2D eigenvalue weighted by Gasteiger charge is 2.34. The molecule has 1 aliphatic rings. The van der Waals surface area contributed by atoms with Gasteiger partial charge in [0.15, 0.2) is 0 Å². The molecule has 0 saturated heterocycles. The van der Waals surface area contributed by atoms with Crippen molar-refractivity contribution in [3.8, 4) is 0 Å². The third kappa shape index (κ3) is 2.87. The zero-order chi connectivity index (χ0) is 15.0. The first-order valence-corrected chi connectivity index (χ1v) is 7.86. The van der Waals surface area contributed by atoms with Gasteiger partial charge in [-0.05, 0) is 32.4 Å². The molecule has 1 aromatic heterocycles. The van der Waals surface area contributed by atoms with E-state index in [1.165, 1.54) is 23.9 Å². The predicted molar refractivity (Wildman–Crippen MR) is 72.8 cm³/mol. The van der Waals surface area contributed by atoms with Gasteiger partial charge < -0.3 is 15.0 Å². The van der Waals surface area contributed by atoms with Gasteiger partial charge >= 0.3 is 0 Å². The molecule has 1 heterocycles. The van der Waals surface area contributed by atoms with Crippen LogP contribution in [0.4, 0.5) is 0 Å². The molecule has 8 heteroatoms. The van der Waals surface area contributed by atoms with Crippen molar-refractivity contribution in [2.75, 3.05) is 13.6 Å². The number of hydrogen-bond donors (Lipinski definition) is 3. The second kappa shape index (κ2) is 5.19. The summed E-state index contributed by atoms with van der Waals surface area (Å²) in [4.78, 5) is 12.1. The van der Waals surface area contributed by atoms with Crippen LogP contribution in [-0.2, 0) is 17.1 Å². The summed E-state index contributed by atoms with van der Waals surface area (Å²) in [6.45, 7) is 0.186. The van der Waals surface area contributed by atoms with Gasteiger partial charge in [-0.15, -0.1) is 0 Å². The Balaban J connectivity index is 2.10. The molecule has 7 nitrogen and oxygen atoms in total. The van der Waals surface area contributed by atoms with Crippen LogP contribution in [0.5, 0.6) is 0 Å². The Morgan fingerprint density at radius 2 is 2.15 bits per heavy atom. The predicted octanol–water partition coefficient (Wildman–Crippen LogP) is -0.422. The van der Waals surface area contributed by atoms with E-state index in [9.17, 15) is 18.3 Å². The van der Waals surface area contributed by atoms with Crippen LogP contribution in [0.2, 0.25) is 0 Å². The van der Waals surface area contributed by atoms with E-state index in [1.807, 2.05) is 0 Å². The minimum absolute atomic E-state index is 0.0370. The maximum atomic E-state index is 12.0. The highest BCUT2D eigenvalue weighted by Crippen LogP contribution is 2.30. The number of aryl methyl sites for hydroxylation is 1. The second-order valence-electron chi connectivity index (χ2n) is 5.14. The maximum absolute atomic E-state index is 12.0. The van der Waals surface area contributed by atoms with Gasteiger partial charge in [0, 0.05) is 19.8 Å². The maximum Gasteiger partial charge on any atom is 0.268 e. The number of sulfonamides is 1. The zero-order valence-electron chi connectivity index (χ0n) is 11.5. The number of nitrogens with zero attached hydrogens (tertiary/aromatic N) is 1. The first-order valence-electron chi connectivity index (χ1n) is 6.38. The molecule has 1 amide bonds. The quantitative estimate of drug-likeness (QED) is 0.687. The van der Waals surface area contributed by atoms with Crippen molar-refractivity contribution in [3.63, 3.8) is 0 Å². The van der Waals surface area contributed by atoms with E-state index in [0.717, 1.165) is 6.42 Å². The number of hydrogen-bond acceptors (Lipinski definition) is 4. The van der Waals surface area contributed by atoms with Crippen molar-refractivity contribution in [2.24, 2.45) is 7.05 Å². The summed E-state index contributed by atoms with van der Waals surface area (Å²) in [5, 5.41) is 12.6. The molecule has 0 aliphatic heterocycles. The summed E-state index contributed by atoms with van der Waals surface area (Å²) in [6.07, 6.45) is 3.69. The number of aliphatic hydroxyl groups is 1. The lowest BCUT2D eigenvalue weighted by atomic mass is 9.80. The summed E-state index contributed by atoms with van der Waals surface area (Å²) in [6, 6.07) is 1.31. The highest BCUT2D eigenvalue weighted by molar-refractivity contribution is 7.89. The minimum Gasteiger partial charge on any atom is -0.388 e. The van der Waals surface area contributed by atoms with E-state index in [2.05, 4.69) is 10.0 Å². The summed E-state index contributed by atoms with van der Waals surface area (Å²) in [7, 11) is -0.658. The number of carbonyl (C=O) groups is 1. The normalized spacial score (nSPS) is 17.6. The van der Waals surface area contributed by atoms with Gasteiger partial charge in [0.1, 0.15) is 10.6 Å². The Morgan fingerprint density at radius 1 is 1.50 bits per heavy atom. The van der Waals surface area contributed by atoms with Gasteiger partial charge in [-0.25, -0.2) is 13.1 Å². The van der Waals surface area contributed by atoms with Crippen molar-refractivity contribution < 1.29 is 18.3 Å². The molecule has 0 bridgehead atoms. The van der Waals surface area contributed by atoms with Crippen molar-refractivity contribution in [1.82, 2.24) is 14.6 Å². The SMILES string of the molecule is CNS(=O)(=O)c1cc(C(=O)NCC2(O)CCC2)n(C)c1. The van der Waals surface area contributed by atoms with E-state index in [-0.39, 0.29) is 17.1 Å². The lowest BCUT2D eigenvalue weighted by Crippen LogP contribution is -2.48. The van der Waals surface area contributed by atoms with Crippen LogP contribution in [0.15, 0.2) is 17.2 Å². The molecule has 112 valence electrons. The Kier molecular flexibility index (Phi) is 3.90. The molecular formula is C12H19N3O4S. The molecule has 1 saturated carbocycles. The molecule has 0 radical (unpaired) electrons. The van der Waals surface area contributed by atoms with Crippen LogP contribution < -0.4 is 10.0 Å². The molecule has 1 fully saturated rings. The molecule has 2 rings (SSSR count). The van der Waals surface area contributed by atoms with Crippen molar-refractivity contribution in [3.05, 3.63) is 18.0 Å². The average Bonchev–Trinajstić information content (AvgIpc) is 2.76. The monoisotopic (exact) mass is 301 g/mol. The zero-order valence-corrected chi connectivity index (χ0v) is 12.3. The number of nitrogens with one attached hydrogen (secondary N) is 2. The Hall–Kier alpha value is -1.38. The number of aromatic nitrogens is 1. The Bertz CT molecular complexity index is 617. The summed E-state index contributed by atoms with van der Waals surface area (Å²) in [5.41, 5.74) is -0.567. The second-order valence-corrected chi connectivity index (χ2v) is 7.03. The standard InChI is InChI=1S/C12H19N3O4S/c1-13-20(18,19)9-6-10(15(2)7-9)11(16)14-8-12(17)4-3-5-12/h6-7,13,17H,3-5,8H2,1-2H3,(H,14,16).